The lowest BCUT2D eigenvalue weighted by atomic mass is 9.96. The molecule has 0 fully saturated rings. The zero-order valence-electron chi connectivity index (χ0n) is 8.24. The maximum absolute atomic E-state index is 11.9. The molecule has 1 aliphatic rings. The Kier molecular flexibility index (Phi) is 2.63. The van der Waals surface area contributed by atoms with Gasteiger partial charge in [0.15, 0.2) is 0 Å². The first kappa shape index (κ1) is 9.80. The molecule has 0 amide bonds. The molecule has 1 rings (SSSR count). The number of hydrogen-bond donors (Lipinski definition) is 0. The molecule has 0 aromatic heterocycles. The van der Waals surface area contributed by atoms with Crippen LogP contribution in [0.2, 0.25) is 0 Å². The second kappa shape index (κ2) is 3.22. The summed E-state index contributed by atoms with van der Waals surface area (Å²) < 4.78 is 11.9. The van der Waals surface area contributed by atoms with Gasteiger partial charge in [0.1, 0.15) is 0 Å². The molecule has 0 N–H and O–H groups in total. The van der Waals surface area contributed by atoms with Gasteiger partial charge in [-0.2, -0.15) is 0 Å². The van der Waals surface area contributed by atoms with E-state index in [1.54, 1.807) is 0 Å². The Hall–Kier alpha value is -0.290. The van der Waals surface area contributed by atoms with Crippen LogP contribution in [-0.2, 0) is 4.57 Å². The predicted octanol–water partition coefficient (Wildman–Crippen LogP) is 3.13. The molecule has 2 unspecified atom stereocenters. The van der Waals surface area contributed by atoms with Crippen molar-refractivity contribution in [2.75, 3.05) is 13.3 Å². The first-order chi connectivity index (χ1) is 5.43. The van der Waals surface area contributed by atoms with E-state index in [-0.39, 0.29) is 5.66 Å². The van der Waals surface area contributed by atoms with Gasteiger partial charge < -0.3 is 4.57 Å². The molecule has 0 heterocycles. The molecule has 1 aliphatic carbocycles. The highest BCUT2D eigenvalue weighted by Crippen LogP contribution is 2.50. The fraction of sp³-hybridized carbons (Fsp3) is 0.600. The van der Waals surface area contributed by atoms with Crippen molar-refractivity contribution in [2.24, 2.45) is 5.92 Å². The molecular weight excluding hydrogens is 167 g/mol. The van der Waals surface area contributed by atoms with Crippen LogP contribution in [0.1, 0.15) is 13.8 Å². The van der Waals surface area contributed by atoms with Gasteiger partial charge in [0.05, 0.1) is 7.14 Å². The maximum Gasteiger partial charge on any atom is 0.0892 e. The van der Waals surface area contributed by atoms with E-state index in [1.807, 2.05) is 13.3 Å². The molecule has 0 saturated heterocycles. The first-order valence-electron chi connectivity index (χ1n) is 4.32. The topological polar surface area (TPSA) is 17.1 Å². The van der Waals surface area contributed by atoms with E-state index in [2.05, 4.69) is 32.1 Å². The van der Waals surface area contributed by atoms with Crippen molar-refractivity contribution < 1.29 is 4.57 Å². The molecule has 0 radical (unpaired) electrons. The van der Waals surface area contributed by atoms with Crippen molar-refractivity contribution in [3.8, 4) is 0 Å². The summed E-state index contributed by atoms with van der Waals surface area (Å²) in [5.41, 5.74) is 1.53. The van der Waals surface area contributed by atoms with E-state index in [4.69, 9.17) is 0 Å². The second-order valence-corrected chi connectivity index (χ2v) is 7.46. The van der Waals surface area contributed by atoms with Gasteiger partial charge in [-0.3, -0.25) is 0 Å². The molecule has 0 aromatic carbocycles. The molecule has 0 aliphatic heterocycles. The molecule has 12 heavy (non-hydrogen) atoms. The smallest absolute Gasteiger partial charge is 0.0892 e. The van der Waals surface area contributed by atoms with Crippen LogP contribution in [0.5, 0.6) is 0 Å². The van der Waals surface area contributed by atoms with Crippen molar-refractivity contribution in [3.05, 3.63) is 23.8 Å². The highest BCUT2D eigenvalue weighted by Gasteiger charge is 2.29. The zero-order chi connectivity index (χ0) is 9.35. The van der Waals surface area contributed by atoms with Crippen molar-refractivity contribution in [2.45, 2.75) is 19.5 Å². The van der Waals surface area contributed by atoms with Crippen molar-refractivity contribution in [3.63, 3.8) is 0 Å². The Morgan fingerprint density at radius 3 is 2.33 bits per heavy atom. The molecule has 0 spiro atoms. The summed E-state index contributed by atoms with van der Waals surface area (Å²) in [7, 11) is -1.97. The minimum absolute atomic E-state index is 0.266. The lowest BCUT2D eigenvalue weighted by molar-refractivity contribution is 0.563. The number of hydrogen-bond acceptors (Lipinski definition) is 1. The van der Waals surface area contributed by atoms with Gasteiger partial charge in [0.2, 0.25) is 0 Å². The van der Waals surface area contributed by atoms with Crippen LogP contribution in [0.4, 0.5) is 0 Å². The average molecular weight is 184 g/mol. The van der Waals surface area contributed by atoms with Gasteiger partial charge in [-0.1, -0.05) is 30.7 Å². The summed E-state index contributed by atoms with van der Waals surface area (Å²) in [6.07, 6.45) is 6.27. The summed E-state index contributed by atoms with van der Waals surface area (Å²) in [5.74, 6) is 0.427. The monoisotopic (exact) mass is 184 g/mol. The highest BCUT2D eigenvalue weighted by molar-refractivity contribution is 7.63. The molecule has 0 saturated carbocycles. The standard InChI is InChI=1S/C10H17OP/c1-8-6-5-7-9(2)10(8)12(3,4)11/h5-8,10H,1-4H3. The van der Waals surface area contributed by atoms with E-state index < -0.39 is 7.14 Å². The van der Waals surface area contributed by atoms with Crippen LogP contribution in [0.25, 0.3) is 0 Å². The first-order valence-corrected chi connectivity index (χ1v) is 6.99. The summed E-state index contributed by atoms with van der Waals surface area (Å²) in [6.45, 7) is 7.97. The van der Waals surface area contributed by atoms with Crippen LogP contribution in [0.15, 0.2) is 23.8 Å². The highest BCUT2D eigenvalue weighted by atomic mass is 31.2. The third kappa shape index (κ3) is 1.90. The Bertz CT molecular complexity index is 270. The molecule has 0 bridgehead atoms. The van der Waals surface area contributed by atoms with Crippen molar-refractivity contribution in [1.29, 1.82) is 0 Å². The minimum Gasteiger partial charge on any atom is -0.323 e. The lowest BCUT2D eigenvalue weighted by Crippen LogP contribution is -2.19. The quantitative estimate of drug-likeness (QED) is 0.572. The van der Waals surface area contributed by atoms with E-state index >= 15 is 0 Å². The minimum atomic E-state index is -1.97. The largest absolute Gasteiger partial charge is 0.323 e. The summed E-state index contributed by atoms with van der Waals surface area (Å²) in [6, 6.07) is 0. The zero-order valence-corrected chi connectivity index (χ0v) is 9.14. The van der Waals surface area contributed by atoms with Gasteiger partial charge in [0, 0.05) is 5.66 Å². The van der Waals surface area contributed by atoms with Crippen LogP contribution in [0.3, 0.4) is 0 Å². The number of allylic oxidation sites excluding steroid dienone is 4. The van der Waals surface area contributed by atoms with E-state index in [1.165, 1.54) is 5.57 Å². The van der Waals surface area contributed by atoms with Crippen LogP contribution in [0, 0.1) is 5.92 Å². The predicted molar refractivity (Wildman–Crippen MR) is 55.3 cm³/mol. The average Bonchev–Trinajstić information content (AvgIpc) is 1.82. The SMILES string of the molecule is CC1=CC=CC(C)C1P(C)(C)=O. The molecule has 1 nitrogen and oxygen atoms in total. The van der Waals surface area contributed by atoms with Gasteiger partial charge in [-0.05, 0) is 26.2 Å². The second-order valence-electron chi connectivity index (χ2n) is 4.03. The van der Waals surface area contributed by atoms with Crippen LogP contribution < -0.4 is 0 Å². The molecule has 2 atom stereocenters. The van der Waals surface area contributed by atoms with Gasteiger partial charge >= 0.3 is 0 Å². The molecular formula is C10H17OP. The van der Waals surface area contributed by atoms with E-state index in [9.17, 15) is 4.57 Å². The molecule has 68 valence electrons. The van der Waals surface area contributed by atoms with E-state index in [0.717, 1.165) is 0 Å². The Labute approximate surface area is 74.9 Å². The summed E-state index contributed by atoms with van der Waals surface area (Å²) in [5, 5.41) is 0. The van der Waals surface area contributed by atoms with Gasteiger partial charge in [-0.25, -0.2) is 0 Å². The van der Waals surface area contributed by atoms with Crippen molar-refractivity contribution in [1.82, 2.24) is 0 Å². The van der Waals surface area contributed by atoms with Crippen LogP contribution >= 0.6 is 7.14 Å². The molecule has 0 aromatic rings. The van der Waals surface area contributed by atoms with E-state index in [0.29, 0.717) is 5.92 Å². The summed E-state index contributed by atoms with van der Waals surface area (Å²) >= 11 is 0. The fourth-order valence-corrected chi connectivity index (χ4v) is 4.36. The van der Waals surface area contributed by atoms with Crippen LogP contribution in [-0.4, -0.2) is 19.0 Å². The maximum atomic E-state index is 11.9. The normalized spacial score (nSPS) is 30.2. The Balaban J connectivity index is 2.98. The van der Waals surface area contributed by atoms with Gasteiger partial charge in [-0.15, -0.1) is 0 Å². The summed E-state index contributed by atoms with van der Waals surface area (Å²) in [4.78, 5) is 0. The third-order valence-electron chi connectivity index (χ3n) is 2.41. The third-order valence-corrected chi connectivity index (χ3v) is 4.63. The fourth-order valence-electron chi connectivity index (χ4n) is 2.06. The Morgan fingerprint density at radius 2 is 2.00 bits per heavy atom. The molecule has 2 heteroatoms. The van der Waals surface area contributed by atoms with Gasteiger partial charge in [0.25, 0.3) is 0 Å². The van der Waals surface area contributed by atoms with Crippen molar-refractivity contribution >= 4 is 7.14 Å². The number of rotatable bonds is 1. The lowest BCUT2D eigenvalue weighted by Gasteiger charge is -2.28. The Morgan fingerprint density at radius 1 is 1.42 bits per heavy atom.